The van der Waals surface area contributed by atoms with Gasteiger partial charge in [0.2, 0.25) is 6.61 Å². The van der Waals surface area contributed by atoms with Crippen LogP contribution in [0.5, 0.6) is 0 Å². The van der Waals surface area contributed by atoms with Crippen molar-refractivity contribution in [1.29, 1.82) is 0 Å². The second kappa shape index (κ2) is 7.00. The Morgan fingerprint density at radius 3 is 2.64 bits per heavy atom. The molecule has 5 nitrogen and oxygen atoms in total. The number of fused-ring (bicyclic) bond motifs is 5. The molecule has 0 saturated heterocycles. The molecule has 0 amide bonds. The van der Waals surface area contributed by atoms with Crippen molar-refractivity contribution in [2.75, 3.05) is 6.61 Å². The number of hydrogen-bond acceptors (Lipinski definition) is 4. The van der Waals surface area contributed by atoms with Crippen molar-refractivity contribution < 1.29 is 19.5 Å². The van der Waals surface area contributed by atoms with Crippen molar-refractivity contribution in [3.8, 4) is 0 Å². The molecule has 0 bridgehead atoms. The number of rotatable bonds is 4. The van der Waals surface area contributed by atoms with Crippen molar-refractivity contribution in [3.05, 3.63) is 11.6 Å². The molecule has 0 aromatic rings. The van der Waals surface area contributed by atoms with Crippen molar-refractivity contribution in [3.63, 3.8) is 0 Å². The van der Waals surface area contributed by atoms with Crippen molar-refractivity contribution in [2.24, 2.45) is 39.7 Å². The van der Waals surface area contributed by atoms with Crippen LogP contribution in [0.3, 0.4) is 0 Å². The van der Waals surface area contributed by atoms with Gasteiger partial charge in [0.15, 0.2) is 0 Å². The third-order valence-electron chi connectivity index (χ3n) is 8.84. The van der Waals surface area contributed by atoms with Crippen LogP contribution < -0.4 is 0 Å². The molecule has 4 aliphatic rings. The highest BCUT2D eigenvalue weighted by molar-refractivity contribution is 5.96. The van der Waals surface area contributed by atoms with Crippen LogP contribution in [0, 0.1) is 34.5 Å². The van der Waals surface area contributed by atoms with Gasteiger partial charge in [-0.05, 0) is 93.0 Å². The van der Waals surface area contributed by atoms with Crippen molar-refractivity contribution >= 4 is 17.5 Å². The molecule has 0 radical (unpaired) electrons. The zero-order chi connectivity index (χ0) is 20.1. The van der Waals surface area contributed by atoms with Gasteiger partial charge in [-0.25, -0.2) is 4.79 Å². The number of carboxylic acids is 1. The minimum absolute atomic E-state index is 0.205. The van der Waals surface area contributed by atoms with E-state index in [1.807, 2.05) is 0 Å². The summed E-state index contributed by atoms with van der Waals surface area (Å²) in [6.45, 7) is 6.24. The van der Waals surface area contributed by atoms with Crippen LogP contribution in [0.15, 0.2) is 16.8 Å². The monoisotopic (exact) mass is 387 g/mol. The maximum Gasteiger partial charge on any atom is 0.344 e. The SMILES string of the molecule is CC(=O)[C@H]1CC[C@H]2[C@@H]3CCC4=C/C(=N\OCC(=O)O)CC[C@]4(C)[C@H]3CC[C@]12C. The predicted molar refractivity (Wildman–Crippen MR) is 107 cm³/mol. The van der Waals surface area contributed by atoms with Gasteiger partial charge >= 0.3 is 5.97 Å². The van der Waals surface area contributed by atoms with Crippen molar-refractivity contribution in [1.82, 2.24) is 0 Å². The Hall–Kier alpha value is -1.65. The van der Waals surface area contributed by atoms with Crippen LogP contribution in [0.2, 0.25) is 0 Å². The summed E-state index contributed by atoms with van der Waals surface area (Å²) in [4.78, 5) is 27.8. The minimum Gasteiger partial charge on any atom is -0.479 e. The Balaban J connectivity index is 1.55. The molecular formula is C23H33NO4. The molecule has 154 valence electrons. The maximum atomic E-state index is 12.3. The van der Waals surface area contributed by atoms with Crippen LogP contribution in [-0.4, -0.2) is 29.2 Å². The number of allylic oxidation sites excluding steroid dienone is 2. The molecule has 4 rings (SSSR count). The highest BCUT2D eigenvalue weighted by Crippen LogP contribution is 2.66. The predicted octanol–water partition coefficient (Wildman–Crippen LogP) is 4.61. The summed E-state index contributed by atoms with van der Waals surface area (Å²) in [5.41, 5.74) is 2.77. The number of carboxylic acid groups (broad SMARTS) is 1. The van der Waals surface area contributed by atoms with Gasteiger partial charge in [-0.1, -0.05) is 24.6 Å². The van der Waals surface area contributed by atoms with E-state index < -0.39 is 5.97 Å². The van der Waals surface area contributed by atoms with Crippen LogP contribution in [0.4, 0.5) is 0 Å². The second-order valence-corrected chi connectivity index (χ2v) is 10.0. The van der Waals surface area contributed by atoms with E-state index in [2.05, 4.69) is 25.1 Å². The lowest BCUT2D eigenvalue weighted by molar-refractivity contribution is -0.142. The Morgan fingerprint density at radius 2 is 1.93 bits per heavy atom. The van der Waals surface area contributed by atoms with Crippen molar-refractivity contribution in [2.45, 2.75) is 72.1 Å². The Bertz CT molecular complexity index is 741. The van der Waals surface area contributed by atoms with E-state index in [1.54, 1.807) is 6.92 Å². The Labute approximate surface area is 167 Å². The van der Waals surface area contributed by atoms with E-state index in [9.17, 15) is 9.59 Å². The normalized spacial score (nSPS) is 43.5. The van der Waals surface area contributed by atoms with Gasteiger partial charge in [0.05, 0.1) is 5.71 Å². The standard InChI is InChI=1S/C23H33NO4/c1-14(25)18-6-7-19-17-5-4-15-12-16(24-28-13-21(26)27)8-10-22(15,2)20(17)9-11-23(18,19)3/h12,17-20H,4-11,13H2,1-3H3,(H,26,27)/b24-16-/t17-,18+,19-,20-,22-,23+/m0/s1. The molecule has 3 fully saturated rings. The summed E-state index contributed by atoms with van der Waals surface area (Å²) in [5, 5.41) is 12.8. The van der Waals surface area contributed by atoms with E-state index in [1.165, 1.54) is 31.3 Å². The van der Waals surface area contributed by atoms with E-state index in [0.717, 1.165) is 37.3 Å². The zero-order valence-electron chi connectivity index (χ0n) is 17.4. The smallest absolute Gasteiger partial charge is 0.344 e. The Morgan fingerprint density at radius 1 is 1.14 bits per heavy atom. The summed E-state index contributed by atoms with van der Waals surface area (Å²) in [6, 6.07) is 0. The molecule has 3 saturated carbocycles. The molecule has 1 N–H and O–H groups in total. The van der Waals surface area contributed by atoms with Crippen LogP contribution in [0.1, 0.15) is 72.1 Å². The molecule has 28 heavy (non-hydrogen) atoms. The fourth-order valence-electron chi connectivity index (χ4n) is 7.48. The summed E-state index contributed by atoms with van der Waals surface area (Å²) in [6.07, 6.45) is 11.1. The Kier molecular flexibility index (Phi) is 4.91. The van der Waals surface area contributed by atoms with Gasteiger partial charge in [0, 0.05) is 5.92 Å². The van der Waals surface area contributed by atoms with Gasteiger partial charge in [-0.2, -0.15) is 0 Å². The average Bonchev–Trinajstić information content (AvgIpc) is 2.99. The van der Waals surface area contributed by atoms with E-state index in [0.29, 0.717) is 17.6 Å². The zero-order valence-corrected chi connectivity index (χ0v) is 17.4. The van der Waals surface area contributed by atoms with Gasteiger partial charge in [0.1, 0.15) is 5.78 Å². The van der Waals surface area contributed by atoms with E-state index >= 15 is 0 Å². The number of carbonyl (C=O) groups is 2. The fraction of sp³-hybridized carbons (Fsp3) is 0.783. The van der Waals surface area contributed by atoms with Crippen LogP contribution in [-0.2, 0) is 14.4 Å². The quantitative estimate of drug-likeness (QED) is 0.715. The third-order valence-corrected chi connectivity index (χ3v) is 8.84. The first-order valence-corrected chi connectivity index (χ1v) is 10.9. The lowest BCUT2D eigenvalue weighted by atomic mass is 9.46. The first-order valence-electron chi connectivity index (χ1n) is 10.9. The second-order valence-electron chi connectivity index (χ2n) is 10.0. The number of nitrogens with zero attached hydrogens (tertiary/aromatic N) is 1. The van der Waals surface area contributed by atoms with Crippen LogP contribution in [0.25, 0.3) is 0 Å². The van der Waals surface area contributed by atoms with Gasteiger partial charge in [-0.15, -0.1) is 0 Å². The number of oxime groups is 1. The summed E-state index contributed by atoms with van der Waals surface area (Å²) in [7, 11) is 0. The molecular weight excluding hydrogens is 354 g/mol. The summed E-state index contributed by atoms with van der Waals surface area (Å²) >= 11 is 0. The largest absolute Gasteiger partial charge is 0.479 e. The van der Waals surface area contributed by atoms with E-state index in [4.69, 9.17) is 9.94 Å². The molecule has 0 heterocycles. The lowest BCUT2D eigenvalue weighted by Gasteiger charge is -2.58. The first kappa shape index (κ1) is 19.7. The molecule has 5 heteroatoms. The fourth-order valence-corrected chi connectivity index (χ4v) is 7.48. The molecule has 0 aliphatic heterocycles. The van der Waals surface area contributed by atoms with E-state index in [-0.39, 0.29) is 23.4 Å². The number of Topliss-reactive ketones (excluding diaryl/α,β-unsaturated/α-hetero) is 1. The van der Waals surface area contributed by atoms with Gasteiger partial charge < -0.3 is 9.94 Å². The van der Waals surface area contributed by atoms with Gasteiger partial charge in [0.25, 0.3) is 0 Å². The van der Waals surface area contributed by atoms with Gasteiger partial charge in [-0.3, -0.25) is 4.79 Å². The first-order chi connectivity index (χ1) is 13.3. The highest BCUT2D eigenvalue weighted by Gasteiger charge is 2.59. The molecule has 0 aromatic heterocycles. The summed E-state index contributed by atoms with van der Waals surface area (Å²) in [5.74, 6) is 1.77. The van der Waals surface area contributed by atoms with Crippen LogP contribution >= 0.6 is 0 Å². The number of carbonyl (C=O) groups excluding carboxylic acids is 1. The topological polar surface area (TPSA) is 76.0 Å². The molecule has 0 unspecified atom stereocenters. The maximum absolute atomic E-state index is 12.3. The molecule has 6 atom stereocenters. The minimum atomic E-state index is -0.996. The number of ketones is 1. The molecule has 4 aliphatic carbocycles. The highest BCUT2D eigenvalue weighted by atomic mass is 16.6. The average molecular weight is 388 g/mol. The number of hydrogen-bond donors (Lipinski definition) is 1. The third kappa shape index (κ3) is 3.02. The lowest BCUT2D eigenvalue weighted by Crippen LogP contribution is -2.51. The molecule has 0 spiro atoms. The number of aliphatic carboxylic acids is 1. The summed E-state index contributed by atoms with van der Waals surface area (Å²) < 4.78 is 0. The molecule has 0 aromatic carbocycles.